The Bertz CT molecular complexity index is 1120. The van der Waals surface area contributed by atoms with Crippen molar-refractivity contribution in [2.75, 3.05) is 39.4 Å². The Morgan fingerprint density at radius 2 is 1.69 bits per heavy atom. The molecule has 172 valence electrons. The van der Waals surface area contributed by atoms with Crippen LogP contribution in [0.3, 0.4) is 0 Å². The number of amides is 2. The van der Waals surface area contributed by atoms with Gasteiger partial charge >= 0.3 is 6.03 Å². The lowest BCUT2D eigenvalue weighted by atomic mass is 10.1. The van der Waals surface area contributed by atoms with Gasteiger partial charge in [0.15, 0.2) is 11.5 Å². The molecule has 32 heavy (non-hydrogen) atoms. The molecule has 2 aliphatic rings. The number of nitrogens with zero attached hydrogens (tertiary/aromatic N) is 2. The molecule has 1 saturated heterocycles. The summed E-state index contributed by atoms with van der Waals surface area (Å²) < 4.78 is 64.9. The lowest BCUT2D eigenvalue weighted by Gasteiger charge is -2.34. The van der Waals surface area contributed by atoms with E-state index in [9.17, 15) is 22.0 Å². The van der Waals surface area contributed by atoms with Gasteiger partial charge in [-0.2, -0.15) is 4.31 Å². The molecule has 0 aliphatic carbocycles. The van der Waals surface area contributed by atoms with Gasteiger partial charge in [-0.25, -0.2) is 22.0 Å². The summed E-state index contributed by atoms with van der Waals surface area (Å²) in [7, 11) is -4.20. The smallest absolute Gasteiger partial charge is 0.317 e. The maximum Gasteiger partial charge on any atom is 0.317 e. The van der Waals surface area contributed by atoms with Crippen molar-refractivity contribution in [2.45, 2.75) is 17.9 Å². The van der Waals surface area contributed by atoms with Crippen LogP contribution in [0.5, 0.6) is 11.5 Å². The summed E-state index contributed by atoms with van der Waals surface area (Å²) in [4.78, 5) is 13.5. The second-order valence-corrected chi connectivity index (χ2v) is 9.45. The number of carbonyl (C=O) groups excluding carboxylic acids is 1. The van der Waals surface area contributed by atoms with Gasteiger partial charge in [0.05, 0.1) is 6.04 Å². The largest absolute Gasteiger partial charge is 0.486 e. The monoisotopic (exact) mass is 467 g/mol. The van der Waals surface area contributed by atoms with Crippen molar-refractivity contribution in [1.29, 1.82) is 0 Å². The zero-order valence-corrected chi connectivity index (χ0v) is 18.2. The Kier molecular flexibility index (Phi) is 6.20. The van der Waals surface area contributed by atoms with Crippen molar-refractivity contribution in [1.82, 2.24) is 14.5 Å². The predicted octanol–water partition coefficient (Wildman–Crippen LogP) is 2.51. The second-order valence-electron chi connectivity index (χ2n) is 7.54. The highest BCUT2D eigenvalue weighted by atomic mass is 32.2. The molecule has 1 N–H and O–H groups in total. The van der Waals surface area contributed by atoms with Crippen LogP contribution >= 0.6 is 0 Å². The van der Waals surface area contributed by atoms with E-state index in [4.69, 9.17) is 9.47 Å². The van der Waals surface area contributed by atoms with Gasteiger partial charge in [0.1, 0.15) is 29.7 Å². The predicted molar refractivity (Wildman–Crippen MR) is 111 cm³/mol. The van der Waals surface area contributed by atoms with Crippen LogP contribution in [-0.2, 0) is 10.0 Å². The molecule has 2 amide bonds. The number of benzene rings is 2. The number of urea groups is 1. The third kappa shape index (κ3) is 4.49. The van der Waals surface area contributed by atoms with E-state index in [1.807, 2.05) is 19.1 Å². The minimum atomic E-state index is -4.20. The second kappa shape index (κ2) is 8.91. The van der Waals surface area contributed by atoms with Crippen molar-refractivity contribution >= 4 is 16.1 Å². The van der Waals surface area contributed by atoms with E-state index in [1.54, 1.807) is 6.07 Å². The van der Waals surface area contributed by atoms with Crippen LogP contribution in [0.25, 0.3) is 0 Å². The molecule has 2 aromatic carbocycles. The number of hydrogen-bond donors (Lipinski definition) is 1. The Morgan fingerprint density at radius 1 is 1.00 bits per heavy atom. The standard InChI is InChI=1S/C21H23F2N3O5S/c1-14(15-2-5-18-19(12-15)31-11-10-30-18)24-21(27)25-6-8-26(9-7-25)32(28,29)20-13-16(22)3-4-17(20)23/h2-5,12-14H,6-11H2,1H3,(H,24,27). The van der Waals surface area contributed by atoms with Crippen molar-refractivity contribution in [3.63, 3.8) is 0 Å². The van der Waals surface area contributed by atoms with E-state index in [-0.39, 0.29) is 38.3 Å². The Hall–Kier alpha value is -2.92. The highest BCUT2D eigenvalue weighted by molar-refractivity contribution is 7.89. The van der Waals surface area contributed by atoms with E-state index in [0.717, 1.165) is 22.0 Å². The van der Waals surface area contributed by atoms with Crippen LogP contribution < -0.4 is 14.8 Å². The van der Waals surface area contributed by atoms with Crippen LogP contribution in [0.1, 0.15) is 18.5 Å². The highest BCUT2D eigenvalue weighted by Gasteiger charge is 2.32. The minimum absolute atomic E-state index is 0.0237. The Balaban J connectivity index is 1.37. The number of ether oxygens (including phenoxy) is 2. The quantitative estimate of drug-likeness (QED) is 0.747. The molecule has 0 spiro atoms. The van der Waals surface area contributed by atoms with E-state index >= 15 is 0 Å². The molecular weight excluding hydrogens is 444 g/mol. The molecule has 0 radical (unpaired) electrons. The van der Waals surface area contributed by atoms with E-state index < -0.39 is 26.6 Å². The van der Waals surface area contributed by atoms with E-state index in [1.165, 1.54) is 4.90 Å². The molecule has 8 nitrogen and oxygen atoms in total. The summed E-state index contributed by atoms with van der Waals surface area (Å²) in [5.41, 5.74) is 0.838. The molecular formula is C21H23F2N3O5S. The lowest BCUT2D eigenvalue weighted by Crippen LogP contribution is -2.53. The molecule has 2 aliphatic heterocycles. The summed E-state index contributed by atoms with van der Waals surface area (Å²) in [5, 5.41) is 2.89. The molecule has 2 aromatic rings. The third-order valence-corrected chi connectivity index (χ3v) is 7.36. The molecule has 0 saturated carbocycles. The number of halogens is 2. The van der Waals surface area contributed by atoms with Gasteiger partial charge < -0.3 is 19.7 Å². The summed E-state index contributed by atoms with van der Waals surface area (Å²) in [5.74, 6) is -0.570. The fourth-order valence-electron chi connectivity index (χ4n) is 3.63. The summed E-state index contributed by atoms with van der Waals surface area (Å²) in [6.45, 7) is 2.98. The summed E-state index contributed by atoms with van der Waals surface area (Å²) >= 11 is 0. The average Bonchev–Trinajstić information content (AvgIpc) is 2.80. The topological polar surface area (TPSA) is 88.2 Å². The minimum Gasteiger partial charge on any atom is -0.486 e. The van der Waals surface area contributed by atoms with Crippen LogP contribution in [0, 0.1) is 11.6 Å². The number of piperazine rings is 1. The molecule has 0 bridgehead atoms. The van der Waals surface area contributed by atoms with Crippen LogP contribution in [-0.4, -0.2) is 63.0 Å². The number of carbonyl (C=O) groups is 1. The van der Waals surface area contributed by atoms with Gasteiger partial charge in [-0.05, 0) is 42.8 Å². The number of sulfonamides is 1. The zero-order valence-electron chi connectivity index (χ0n) is 17.4. The number of fused-ring (bicyclic) bond motifs is 1. The van der Waals surface area contributed by atoms with Gasteiger partial charge in [-0.1, -0.05) is 6.07 Å². The van der Waals surface area contributed by atoms with Gasteiger partial charge in [-0.3, -0.25) is 0 Å². The van der Waals surface area contributed by atoms with Gasteiger partial charge in [0, 0.05) is 26.2 Å². The lowest BCUT2D eigenvalue weighted by molar-refractivity contribution is 0.168. The average molecular weight is 467 g/mol. The maximum absolute atomic E-state index is 14.0. The summed E-state index contributed by atoms with van der Waals surface area (Å²) in [6, 6.07) is 7.10. The third-order valence-electron chi connectivity index (χ3n) is 5.44. The fraction of sp³-hybridized carbons (Fsp3) is 0.381. The normalized spacial score (nSPS) is 17.7. The van der Waals surface area contributed by atoms with Crippen molar-refractivity contribution < 1.29 is 31.5 Å². The molecule has 0 aromatic heterocycles. The first-order valence-corrected chi connectivity index (χ1v) is 11.6. The highest BCUT2D eigenvalue weighted by Crippen LogP contribution is 2.32. The zero-order chi connectivity index (χ0) is 22.9. The first kappa shape index (κ1) is 22.3. The Morgan fingerprint density at radius 3 is 2.41 bits per heavy atom. The number of nitrogens with one attached hydrogen (secondary N) is 1. The number of hydrogen-bond acceptors (Lipinski definition) is 5. The first-order chi connectivity index (χ1) is 15.3. The molecule has 2 heterocycles. The van der Waals surface area contributed by atoms with Gasteiger partial charge in [0.25, 0.3) is 0 Å². The van der Waals surface area contributed by atoms with Crippen LogP contribution in [0.4, 0.5) is 13.6 Å². The number of rotatable bonds is 4. The molecule has 1 fully saturated rings. The SMILES string of the molecule is CC(NC(=O)N1CCN(S(=O)(=O)c2cc(F)ccc2F)CC1)c1ccc2c(c1)OCCO2. The maximum atomic E-state index is 14.0. The molecule has 1 atom stereocenters. The van der Waals surface area contributed by atoms with Crippen molar-refractivity contribution in [2.24, 2.45) is 0 Å². The van der Waals surface area contributed by atoms with E-state index in [2.05, 4.69) is 5.32 Å². The van der Waals surface area contributed by atoms with Crippen LogP contribution in [0.15, 0.2) is 41.3 Å². The van der Waals surface area contributed by atoms with Gasteiger partial charge in [0.2, 0.25) is 10.0 Å². The van der Waals surface area contributed by atoms with Gasteiger partial charge in [-0.15, -0.1) is 0 Å². The van der Waals surface area contributed by atoms with Crippen LogP contribution in [0.2, 0.25) is 0 Å². The molecule has 4 rings (SSSR count). The van der Waals surface area contributed by atoms with E-state index in [0.29, 0.717) is 30.8 Å². The molecule has 1 unspecified atom stereocenters. The molecule has 11 heteroatoms. The summed E-state index contributed by atoms with van der Waals surface area (Å²) in [6.07, 6.45) is 0. The fourth-order valence-corrected chi connectivity index (χ4v) is 5.13. The first-order valence-electron chi connectivity index (χ1n) is 10.2. The van der Waals surface area contributed by atoms with Crippen molar-refractivity contribution in [3.05, 3.63) is 53.6 Å². The Labute approximate surface area is 184 Å². The van der Waals surface area contributed by atoms with Crippen molar-refractivity contribution in [3.8, 4) is 11.5 Å².